The maximum absolute atomic E-state index is 12.7. The molecule has 1 atom stereocenters. The Morgan fingerprint density at radius 2 is 2.08 bits per heavy atom. The summed E-state index contributed by atoms with van der Waals surface area (Å²) in [6, 6.07) is 6.14. The number of piperazine rings is 1. The highest BCUT2D eigenvalue weighted by Crippen LogP contribution is 2.21. The molecule has 1 unspecified atom stereocenters. The van der Waals surface area contributed by atoms with E-state index in [1.165, 1.54) is 12.1 Å². The number of benzene rings is 1. The molecule has 2 saturated heterocycles. The van der Waals surface area contributed by atoms with Crippen LogP contribution in [0.2, 0.25) is 0 Å². The van der Waals surface area contributed by atoms with Crippen molar-refractivity contribution in [2.45, 2.75) is 11.3 Å². The van der Waals surface area contributed by atoms with Crippen LogP contribution in [0.15, 0.2) is 29.2 Å². The SMILES string of the molecule is Cl.O=C1CN(S(=O)(=O)c2cccc(NC(=O)C3CCNC3)c2)CCN1. The predicted molar refractivity (Wildman–Crippen MR) is 95.1 cm³/mol. The average Bonchev–Trinajstić information content (AvgIpc) is 3.10. The third-order valence-corrected chi connectivity index (χ3v) is 6.01. The predicted octanol–water partition coefficient (Wildman–Crippen LogP) is -0.223. The van der Waals surface area contributed by atoms with Gasteiger partial charge in [-0.1, -0.05) is 6.07 Å². The van der Waals surface area contributed by atoms with Crippen LogP contribution in [0.1, 0.15) is 6.42 Å². The smallest absolute Gasteiger partial charge is 0.243 e. The van der Waals surface area contributed by atoms with Crippen molar-refractivity contribution in [3.05, 3.63) is 24.3 Å². The molecule has 1 aromatic carbocycles. The van der Waals surface area contributed by atoms with E-state index in [9.17, 15) is 18.0 Å². The Balaban J connectivity index is 0.00000225. The van der Waals surface area contributed by atoms with Crippen molar-refractivity contribution in [1.29, 1.82) is 0 Å². The van der Waals surface area contributed by atoms with Gasteiger partial charge in [-0.25, -0.2) is 8.42 Å². The minimum atomic E-state index is -3.76. The molecular weight excluding hydrogens is 368 g/mol. The fraction of sp³-hybridized carbons (Fsp3) is 0.467. The highest BCUT2D eigenvalue weighted by molar-refractivity contribution is 7.89. The Labute approximate surface area is 152 Å². The molecule has 2 aliphatic heterocycles. The standard InChI is InChI=1S/C15H20N4O4S.ClH/c20-14-10-19(7-6-17-14)24(22,23)13-3-1-2-12(8-13)18-15(21)11-4-5-16-9-11;/h1-3,8,11,16H,4-7,9-10H2,(H,17,20)(H,18,21);1H. The molecule has 3 N–H and O–H groups in total. The number of carbonyl (C=O) groups is 2. The lowest BCUT2D eigenvalue weighted by Gasteiger charge is -2.26. The second-order valence-corrected chi connectivity index (χ2v) is 7.83. The summed E-state index contributed by atoms with van der Waals surface area (Å²) < 4.78 is 26.4. The van der Waals surface area contributed by atoms with Gasteiger partial charge >= 0.3 is 0 Å². The highest BCUT2D eigenvalue weighted by atomic mass is 35.5. The monoisotopic (exact) mass is 388 g/mol. The van der Waals surface area contributed by atoms with Crippen LogP contribution in [-0.2, 0) is 19.6 Å². The van der Waals surface area contributed by atoms with Crippen LogP contribution in [0.4, 0.5) is 5.69 Å². The van der Waals surface area contributed by atoms with Crippen LogP contribution in [0, 0.1) is 5.92 Å². The lowest BCUT2D eigenvalue weighted by atomic mass is 10.1. The van der Waals surface area contributed by atoms with Crippen molar-refractivity contribution in [2.24, 2.45) is 5.92 Å². The lowest BCUT2D eigenvalue weighted by molar-refractivity contribution is -0.122. The van der Waals surface area contributed by atoms with E-state index < -0.39 is 10.0 Å². The summed E-state index contributed by atoms with van der Waals surface area (Å²) in [7, 11) is -3.76. The van der Waals surface area contributed by atoms with E-state index >= 15 is 0 Å². The van der Waals surface area contributed by atoms with Crippen LogP contribution in [0.5, 0.6) is 0 Å². The Morgan fingerprint density at radius 3 is 2.76 bits per heavy atom. The van der Waals surface area contributed by atoms with Crippen molar-refractivity contribution < 1.29 is 18.0 Å². The first-order valence-corrected chi connectivity index (χ1v) is 9.29. The van der Waals surface area contributed by atoms with E-state index in [-0.39, 0.29) is 48.1 Å². The number of hydrogen-bond acceptors (Lipinski definition) is 5. The summed E-state index contributed by atoms with van der Waals surface area (Å²) in [6.45, 7) is 1.78. The van der Waals surface area contributed by atoms with Crippen LogP contribution >= 0.6 is 12.4 Å². The van der Waals surface area contributed by atoms with Crippen molar-refractivity contribution in [2.75, 3.05) is 38.0 Å². The van der Waals surface area contributed by atoms with Crippen molar-refractivity contribution in [3.8, 4) is 0 Å². The summed E-state index contributed by atoms with van der Waals surface area (Å²) in [5, 5.41) is 8.48. The molecule has 1 aromatic rings. The zero-order valence-corrected chi connectivity index (χ0v) is 15.2. The average molecular weight is 389 g/mol. The van der Waals surface area contributed by atoms with Crippen LogP contribution < -0.4 is 16.0 Å². The van der Waals surface area contributed by atoms with E-state index in [1.807, 2.05) is 0 Å². The third-order valence-electron chi connectivity index (χ3n) is 4.17. The van der Waals surface area contributed by atoms with Gasteiger partial charge in [0.2, 0.25) is 21.8 Å². The summed E-state index contributed by atoms with van der Waals surface area (Å²) in [6.07, 6.45) is 0.771. The molecule has 0 spiro atoms. The number of nitrogens with one attached hydrogen (secondary N) is 3. The summed E-state index contributed by atoms with van der Waals surface area (Å²) >= 11 is 0. The van der Waals surface area contributed by atoms with Crippen molar-refractivity contribution >= 4 is 39.9 Å². The molecule has 0 radical (unpaired) electrons. The van der Waals surface area contributed by atoms with Gasteiger partial charge in [-0.05, 0) is 31.2 Å². The number of amides is 2. The Bertz CT molecular complexity index is 750. The van der Waals surface area contributed by atoms with Gasteiger partial charge in [0.15, 0.2) is 0 Å². The largest absolute Gasteiger partial charge is 0.354 e. The first-order valence-electron chi connectivity index (χ1n) is 7.85. The van der Waals surface area contributed by atoms with E-state index in [2.05, 4.69) is 16.0 Å². The Kier molecular flexibility index (Phi) is 6.39. The quantitative estimate of drug-likeness (QED) is 0.660. The number of sulfonamides is 1. The van der Waals surface area contributed by atoms with Gasteiger partial charge in [0.25, 0.3) is 0 Å². The maximum Gasteiger partial charge on any atom is 0.243 e. The highest BCUT2D eigenvalue weighted by Gasteiger charge is 2.29. The fourth-order valence-corrected chi connectivity index (χ4v) is 4.27. The molecule has 10 heteroatoms. The molecule has 0 saturated carbocycles. The zero-order chi connectivity index (χ0) is 17.2. The molecule has 2 amide bonds. The first kappa shape index (κ1) is 19.6. The zero-order valence-electron chi connectivity index (χ0n) is 13.5. The Hall–Kier alpha value is -1.68. The minimum absolute atomic E-state index is 0. The van der Waals surface area contributed by atoms with E-state index in [0.717, 1.165) is 17.3 Å². The molecule has 138 valence electrons. The van der Waals surface area contributed by atoms with Crippen molar-refractivity contribution in [3.63, 3.8) is 0 Å². The maximum atomic E-state index is 12.7. The summed E-state index contributed by atoms with van der Waals surface area (Å²) in [5.74, 6) is -0.536. The van der Waals surface area contributed by atoms with Crippen LogP contribution in [-0.4, -0.2) is 57.3 Å². The van der Waals surface area contributed by atoms with E-state index in [4.69, 9.17) is 0 Å². The van der Waals surface area contributed by atoms with Gasteiger partial charge in [0.05, 0.1) is 17.4 Å². The molecule has 0 aromatic heterocycles. The van der Waals surface area contributed by atoms with Gasteiger partial charge in [-0.15, -0.1) is 12.4 Å². The van der Waals surface area contributed by atoms with E-state index in [0.29, 0.717) is 18.8 Å². The van der Waals surface area contributed by atoms with Crippen LogP contribution in [0.25, 0.3) is 0 Å². The molecule has 3 rings (SSSR count). The lowest BCUT2D eigenvalue weighted by Crippen LogP contribution is -2.49. The summed E-state index contributed by atoms with van der Waals surface area (Å²) in [4.78, 5) is 23.7. The van der Waals surface area contributed by atoms with Gasteiger partial charge in [-0.2, -0.15) is 4.31 Å². The Morgan fingerprint density at radius 1 is 1.28 bits per heavy atom. The topological polar surface area (TPSA) is 108 Å². The van der Waals surface area contributed by atoms with E-state index in [1.54, 1.807) is 12.1 Å². The minimum Gasteiger partial charge on any atom is -0.354 e. The third kappa shape index (κ3) is 4.49. The molecule has 2 aliphatic rings. The first-order chi connectivity index (χ1) is 11.5. The number of anilines is 1. The van der Waals surface area contributed by atoms with Crippen molar-refractivity contribution in [1.82, 2.24) is 14.9 Å². The van der Waals surface area contributed by atoms with Gasteiger partial charge in [-0.3, -0.25) is 9.59 Å². The summed E-state index contributed by atoms with van der Waals surface area (Å²) in [5.41, 5.74) is 0.439. The molecular formula is C15H21ClN4O4S. The molecule has 8 nitrogen and oxygen atoms in total. The second kappa shape index (κ2) is 8.13. The van der Waals surface area contributed by atoms with Gasteiger partial charge < -0.3 is 16.0 Å². The molecule has 25 heavy (non-hydrogen) atoms. The number of rotatable bonds is 4. The molecule has 0 aliphatic carbocycles. The van der Waals surface area contributed by atoms with Crippen LogP contribution in [0.3, 0.4) is 0 Å². The van der Waals surface area contributed by atoms with Gasteiger partial charge in [0.1, 0.15) is 0 Å². The molecule has 2 fully saturated rings. The number of hydrogen-bond donors (Lipinski definition) is 3. The number of carbonyl (C=O) groups excluding carboxylic acids is 2. The fourth-order valence-electron chi connectivity index (χ4n) is 2.83. The number of halogens is 1. The number of nitrogens with zero attached hydrogens (tertiary/aromatic N) is 1. The molecule has 2 heterocycles. The van der Waals surface area contributed by atoms with Gasteiger partial charge in [0, 0.05) is 25.3 Å². The second-order valence-electron chi connectivity index (χ2n) is 5.90. The molecule has 0 bridgehead atoms. The normalized spacial score (nSPS) is 21.3.